The minimum atomic E-state index is -0.320. The SMILES string of the molecule is COc1ccc(Nc2cc(F)ccc2N)c(C)c1C. The number of benzene rings is 2. The Bertz CT molecular complexity index is 611. The zero-order chi connectivity index (χ0) is 14.0. The van der Waals surface area contributed by atoms with Crippen molar-refractivity contribution < 1.29 is 9.13 Å². The molecular formula is C15H17FN2O. The normalized spacial score (nSPS) is 10.3. The van der Waals surface area contributed by atoms with E-state index >= 15 is 0 Å². The van der Waals surface area contributed by atoms with Crippen LogP contribution in [-0.2, 0) is 0 Å². The summed E-state index contributed by atoms with van der Waals surface area (Å²) in [5.41, 5.74) is 9.87. The van der Waals surface area contributed by atoms with Crippen LogP contribution in [0.4, 0.5) is 21.5 Å². The Morgan fingerprint density at radius 2 is 1.79 bits per heavy atom. The Morgan fingerprint density at radius 1 is 1.05 bits per heavy atom. The Labute approximate surface area is 112 Å². The summed E-state index contributed by atoms with van der Waals surface area (Å²) in [5.74, 6) is 0.509. The molecule has 3 nitrogen and oxygen atoms in total. The highest BCUT2D eigenvalue weighted by atomic mass is 19.1. The molecule has 0 saturated heterocycles. The average molecular weight is 260 g/mol. The third kappa shape index (κ3) is 2.62. The van der Waals surface area contributed by atoms with Gasteiger partial charge in [-0.1, -0.05) is 0 Å². The van der Waals surface area contributed by atoms with Gasteiger partial charge in [0.15, 0.2) is 0 Å². The molecule has 3 N–H and O–H groups in total. The minimum Gasteiger partial charge on any atom is -0.496 e. The lowest BCUT2D eigenvalue weighted by molar-refractivity contribution is 0.411. The van der Waals surface area contributed by atoms with Crippen LogP contribution in [0.5, 0.6) is 5.75 Å². The van der Waals surface area contributed by atoms with Crippen LogP contribution in [0.15, 0.2) is 30.3 Å². The number of hydrogen-bond donors (Lipinski definition) is 2. The molecule has 0 aliphatic carbocycles. The van der Waals surface area contributed by atoms with Gasteiger partial charge in [0, 0.05) is 5.69 Å². The second-order valence-corrected chi connectivity index (χ2v) is 4.42. The van der Waals surface area contributed by atoms with E-state index in [0.717, 1.165) is 22.6 Å². The van der Waals surface area contributed by atoms with Crippen LogP contribution < -0.4 is 15.8 Å². The largest absolute Gasteiger partial charge is 0.496 e. The third-order valence-electron chi connectivity index (χ3n) is 3.24. The Morgan fingerprint density at radius 3 is 2.47 bits per heavy atom. The van der Waals surface area contributed by atoms with Crippen molar-refractivity contribution in [1.29, 1.82) is 0 Å². The van der Waals surface area contributed by atoms with E-state index in [1.54, 1.807) is 13.2 Å². The number of methoxy groups -OCH3 is 1. The molecular weight excluding hydrogens is 243 g/mol. The molecule has 2 aromatic rings. The van der Waals surface area contributed by atoms with Gasteiger partial charge in [0.2, 0.25) is 0 Å². The number of halogens is 1. The van der Waals surface area contributed by atoms with Crippen LogP contribution in [-0.4, -0.2) is 7.11 Å². The molecule has 0 aliphatic heterocycles. The van der Waals surface area contributed by atoms with Crippen LogP contribution in [0, 0.1) is 19.7 Å². The van der Waals surface area contributed by atoms with Crippen molar-refractivity contribution >= 4 is 17.1 Å². The summed E-state index contributed by atoms with van der Waals surface area (Å²) in [4.78, 5) is 0. The summed E-state index contributed by atoms with van der Waals surface area (Å²) >= 11 is 0. The molecule has 0 fully saturated rings. The van der Waals surface area contributed by atoms with Gasteiger partial charge in [-0.2, -0.15) is 0 Å². The fourth-order valence-electron chi connectivity index (χ4n) is 1.93. The summed E-state index contributed by atoms with van der Waals surface area (Å²) in [7, 11) is 1.64. The zero-order valence-corrected chi connectivity index (χ0v) is 11.3. The van der Waals surface area contributed by atoms with Gasteiger partial charge in [0.25, 0.3) is 0 Å². The van der Waals surface area contributed by atoms with E-state index in [0.29, 0.717) is 11.4 Å². The number of hydrogen-bond acceptors (Lipinski definition) is 3. The second kappa shape index (κ2) is 5.18. The summed E-state index contributed by atoms with van der Waals surface area (Å²) in [6, 6.07) is 8.04. The van der Waals surface area contributed by atoms with Crippen molar-refractivity contribution in [2.24, 2.45) is 0 Å². The highest BCUT2D eigenvalue weighted by Crippen LogP contribution is 2.31. The molecule has 100 valence electrons. The number of rotatable bonds is 3. The topological polar surface area (TPSA) is 47.3 Å². The molecule has 0 aliphatic rings. The van der Waals surface area contributed by atoms with Gasteiger partial charge in [0.05, 0.1) is 18.5 Å². The quantitative estimate of drug-likeness (QED) is 0.826. The van der Waals surface area contributed by atoms with Crippen molar-refractivity contribution in [2.75, 3.05) is 18.2 Å². The lowest BCUT2D eigenvalue weighted by Gasteiger charge is -2.15. The van der Waals surface area contributed by atoms with Gasteiger partial charge in [-0.15, -0.1) is 0 Å². The Hall–Kier alpha value is -2.23. The molecule has 0 heterocycles. The molecule has 2 aromatic carbocycles. The second-order valence-electron chi connectivity index (χ2n) is 4.42. The first-order chi connectivity index (χ1) is 9.02. The molecule has 4 heteroatoms. The summed E-state index contributed by atoms with van der Waals surface area (Å²) < 4.78 is 18.5. The molecule has 19 heavy (non-hydrogen) atoms. The van der Waals surface area contributed by atoms with Gasteiger partial charge in [-0.05, 0) is 55.3 Å². The monoisotopic (exact) mass is 260 g/mol. The van der Waals surface area contributed by atoms with Crippen LogP contribution >= 0.6 is 0 Å². The van der Waals surface area contributed by atoms with Crippen LogP contribution in [0.2, 0.25) is 0 Å². The van der Waals surface area contributed by atoms with Gasteiger partial charge in [0.1, 0.15) is 11.6 Å². The first-order valence-corrected chi connectivity index (χ1v) is 5.99. The molecule has 0 spiro atoms. The molecule has 0 saturated carbocycles. The van der Waals surface area contributed by atoms with Crippen molar-refractivity contribution in [3.05, 3.63) is 47.3 Å². The van der Waals surface area contributed by atoms with E-state index in [4.69, 9.17) is 10.5 Å². The summed E-state index contributed by atoms with van der Waals surface area (Å²) in [6.07, 6.45) is 0. The standard InChI is InChI=1S/C15H17FN2O/c1-9-10(2)15(19-3)7-6-13(9)18-14-8-11(16)4-5-12(14)17/h4-8,18H,17H2,1-3H3. The van der Waals surface area contributed by atoms with E-state index in [-0.39, 0.29) is 5.82 Å². The summed E-state index contributed by atoms with van der Waals surface area (Å²) in [6.45, 7) is 3.96. The summed E-state index contributed by atoms with van der Waals surface area (Å²) in [5, 5.41) is 3.15. The lowest BCUT2D eigenvalue weighted by atomic mass is 10.1. The van der Waals surface area contributed by atoms with Gasteiger partial charge in [-0.25, -0.2) is 4.39 Å². The maximum Gasteiger partial charge on any atom is 0.125 e. The highest BCUT2D eigenvalue weighted by molar-refractivity contribution is 5.74. The fourth-order valence-corrected chi connectivity index (χ4v) is 1.93. The number of anilines is 3. The van der Waals surface area contributed by atoms with Gasteiger partial charge < -0.3 is 15.8 Å². The predicted molar refractivity (Wildman–Crippen MR) is 76.6 cm³/mol. The smallest absolute Gasteiger partial charge is 0.125 e. The van der Waals surface area contributed by atoms with E-state index in [1.807, 2.05) is 26.0 Å². The zero-order valence-electron chi connectivity index (χ0n) is 11.3. The van der Waals surface area contributed by atoms with E-state index in [9.17, 15) is 4.39 Å². The average Bonchev–Trinajstić information content (AvgIpc) is 2.39. The maximum absolute atomic E-state index is 13.2. The first-order valence-electron chi connectivity index (χ1n) is 5.99. The number of nitrogens with two attached hydrogens (primary N) is 1. The number of ether oxygens (including phenoxy) is 1. The van der Waals surface area contributed by atoms with Crippen molar-refractivity contribution in [2.45, 2.75) is 13.8 Å². The fraction of sp³-hybridized carbons (Fsp3) is 0.200. The maximum atomic E-state index is 13.2. The predicted octanol–water partition coefficient (Wildman–Crippen LogP) is 3.78. The highest BCUT2D eigenvalue weighted by Gasteiger charge is 2.08. The minimum absolute atomic E-state index is 0.320. The van der Waals surface area contributed by atoms with Crippen LogP contribution in [0.1, 0.15) is 11.1 Å². The molecule has 0 unspecified atom stereocenters. The first kappa shape index (κ1) is 13.2. The van der Waals surface area contributed by atoms with Crippen molar-refractivity contribution in [3.8, 4) is 5.75 Å². The Kier molecular flexibility index (Phi) is 3.60. The molecule has 0 aromatic heterocycles. The van der Waals surface area contributed by atoms with Gasteiger partial charge >= 0.3 is 0 Å². The van der Waals surface area contributed by atoms with Crippen molar-refractivity contribution in [1.82, 2.24) is 0 Å². The van der Waals surface area contributed by atoms with E-state index in [1.165, 1.54) is 12.1 Å². The molecule has 0 atom stereocenters. The Balaban J connectivity index is 2.39. The number of nitrogen functional groups attached to an aromatic ring is 1. The van der Waals surface area contributed by atoms with Crippen LogP contribution in [0.25, 0.3) is 0 Å². The third-order valence-corrected chi connectivity index (χ3v) is 3.24. The molecule has 0 amide bonds. The lowest BCUT2D eigenvalue weighted by Crippen LogP contribution is -2.00. The van der Waals surface area contributed by atoms with Crippen molar-refractivity contribution in [3.63, 3.8) is 0 Å². The van der Waals surface area contributed by atoms with Crippen LogP contribution in [0.3, 0.4) is 0 Å². The van der Waals surface area contributed by atoms with E-state index in [2.05, 4.69) is 5.32 Å². The molecule has 0 bridgehead atoms. The van der Waals surface area contributed by atoms with E-state index < -0.39 is 0 Å². The molecule has 2 rings (SSSR count). The molecule has 0 radical (unpaired) electrons. The number of nitrogens with one attached hydrogen (secondary N) is 1. The van der Waals surface area contributed by atoms with Gasteiger partial charge in [-0.3, -0.25) is 0 Å².